The van der Waals surface area contributed by atoms with Crippen molar-refractivity contribution in [3.63, 3.8) is 0 Å². The van der Waals surface area contributed by atoms with Crippen molar-refractivity contribution >= 4 is 28.7 Å². The van der Waals surface area contributed by atoms with Crippen molar-refractivity contribution in [2.24, 2.45) is 0 Å². The number of anilines is 4. The molecule has 0 spiro atoms. The second-order valence-corrected chi connectivity index (χ2v) is 6.20. The molecule has 0 aliphatic rings. The minimum absolute atomic E-state index is 0.153. The predicted molar refractivity (Wildman–Crippen MR) is 108 cm³/mol. The first kappa shape index (κ1) is 17.3. The number of nitrogens with two attached hydrogens (primary N) is 1. The molecule has 4 aromatic rings. The topological polar surface area (TPSA) is 111 Å². The van der Waals surface area contributed by atoms with E-state index < -0.39 is 0 Å². The highest BCUT2D eigenvalue weighted by molar-refractivity contribution is 5.90. The number of carbonyl (C=O) groups is 1. The van der Waals surface area contributed by atoms with Crippen molar-refractivity contribution in [1.29, 1.82) is 0 Å². The second-order valence-electron chi connectivity index (χ2n) is 6.20. The maximum atomic E-state index is 11.5. The standard InChI is InChI=1S/C20H18N6O2/c1-13(27)24-15-8-16(10-17(9-15)26-6-2-5-23-26)25-19-4-3-14(7-18(19)21)20-11-28-12-22-20/h2-12,25H,21H2,1H3,(H,24,27). The quantitative estimate of drug-likeness (QED) is 0.458. The summed E-state index contributed by atoms with van der Waals surface area (Å²) in [6, 6.07) is 13.0. The molecule has 8 heteroatoms. The van der Waals surface area contributed by atoms with E-state index in [1.165, 1.54) is 13.3 Å². The van der Waals surface area contributed by atoms with Crippen molar-refractivity contribution in [2.45, 2.75) is 6.92 Å². The molecule has 28 heavy (non-hydrogen) atoms. The molecular formula is C20H18N6O2. The first-order valence-electron chi connectivity index (χ1n) is 8.56. The Bertz CT molecular complexity index is 1100. The predicted octanol–water partition coefficient (Wildman–Crippen LogP) is 3.81. The summed E-state index contributed by atoms with van der Waals surface area (Å²) in [5.74, 6) is -0.153. The summed E-state index contributed by atoms with van der Waals surface area (Å²) < 4.78 is 6.73. The molecule has 0 saturated carbocycles. The van der Waals surface area contributed by atoms with Gasteiger partial charge in [-0.25, -0.2) is 9.67 Å². The van der Waals surface area contributed by atoms with Gasteiger partial charge in [0.25, 0.3) is 0 Å². The molecule has 0 aliphatic heterocycles. The summed E-state index contributed by atoms with van der Waals surface area (Å²) in [5.41, 5.74) is 11.3. The maximum Gasteiger partial charge on any atom is 0.221 e. The van der Waals surface area contributed by atoms with Crippen LogP contribution < -0.4 is 16.4 Å². The Kier molecular flexibility index (Phi) is 4.51. The van der Waals surface area contributed by atoms with Crippen LogP contribution in [0.1, 0.15) is 6.92 Å². The molecule has 0 radical (unpaired) electrons. The van der Waals surface area contributed by atoms with Gasteiger partial charge in [0.2, 0.25) is 5.91 Å². The number of hydrogen-bond acceptors (Lipinski definition) is 6. The third-order valence-corrected chi connectivity index (χ3v) is 4.07. The number of nitrogen functional groups attached to an aromatic ring is 1. The summed E-state index contributed by atoms with van der Waals surface area (Å²) in [4.78, 5) is 15.6. The molecule has 4 N–H and O–H groups in total. The first-order chi connectivity index (χ1) is 13.6. The molecule has 0 unspecified atom stereocenters. The Morgan fingerprint density at radius 1 is 1.18 bits per heavy atom. The Labute approximate surface area is 161 Å². The molecule has 0 saturated heterocycles. The van der Waals surface area contributed by atoms with Crippen LogP contribution in [0.4, 0.5) is 22.7 Å². The van der Waals surface area contributed by atoms with Crippen LogP contribution in [0.3, 0.4) is 0 Å². The minimum atomic E-state index is -0.153. The second kappa shape index (κ2) is 7.28. The zero-order valence-electron chi connectivity index (χ0n) is 15.1. The molecule has 0 aliphatic carbocycles. The molecular weight excluding hydrogens is 356 g/mol. The zero-order chi connectivity index (χ0) is 19.5. The number of rotatable bonds is 5. The van der Waals surface area contributed by atoms with Crippen LogP contribution in [-0.2, 0) is 4.79 Å². The molecule has 0 fully saturated rings. The smallest absolute Gasteiger partial charge is 0.221 e. The molecule has 1 amide bonds. The van der Waals surface area contributed by atoms with Crippen LogP contribution in [0.15, 0.2) is 71.9 Å². The lowest BCUT2D eigenvalue weighted by molar-refractivity contribution is -0.114. The van der Waals surface area contributed by atoms with Crippen LogP contribution in [0.5, 0.6) is 0 Å². The highest BCUT2D eigenvalue weighted by Gasteiger charge is 2.09. The highest BCUT2D eigenvalue weighted by Crippen LogP contribution is 2.30. The van der Waals surface area contributed by atoms with Crippen LogP contribution >= 0.6 is 0 Å². The van der Waals surface area contributed by atoms with Gasteiger partial charge in [0.15, 0.2) is 6.39 Å². The number of benzene rings is 2. The summed E-state index contributed by atoms with van der Waals surface area (Å²) in [5, 5.41) is 10.4. The summed E-state index contributed by atoms with van der Waals surface area (Å²) >= 11 is 0. The molecule has 2 aromatic carbocycles. The largest absolute Gasteiger partial charge is 0.451 e. The monoisotopic (exact) mass is 374 g/mol. The van der Waals surface area contributed by atoms with E-state index in [0.717, 1.165) is 22.6 Å². The summed E-state index contributed by atoms with van der Waals surface area (Å²) in [6.45, 7) is 1.47. The minimum Gasteiger partial charge on any atom is -0.451 e. The molecule has 8 nitrogen and oxygen atoms in total. The third-order valence-electron chi connectivity index (χ3n) is 4.07. The lowest BCUT2D eigenvalue weighted by Crippen LogP contribution is -2.07. The van der Waals surface area contributed by atoms with Crippen molar-refractivity contribution in [3.05, 3.63) is 67.5 Å². The van der Waals surface area contributed by atoms with E-state index in [2.05, 4.69) is 20.7 Å². The van der Waals surface area contributed by atoms with Crippen LogP contribution in [-0.4, -0.2) is 20.7 Å². The Balaban J connectivity index is 1.67. The van der Waals surface area contributed by atoms with E-state index >= 15 is 0 Å². The van der Waals surface area contributed by atoms with Crippen molar-refractivity contribution in [1.82, 2.24) is 14.8 Å². The van der Waals surface area contributed by atoms with E-state index in [-0.39, 0.29) is 5.91 Å². The van der Waals surface area contributed by atoms with E-state index in [1.807, 2.05) is 48.7 Å². The zero-order valence-corrected chi connectivity index (χ0v) is 15.1. The average molecular weight is 374 g/mol. The van der Waals surface area contributed by atoms with Crippen molar-refractivity contribution < 1.29 is 9.21 Å². The van der Waals surface area contributed by atoms with Crippen molar-refractivity contribution in [2.75, 3.05) is 16.4 Å². The van der Waals surface area contributed by atoms with Gasteiger partial charge in [-0.1, -0.05) is 6.07 Å². The van der Waals surface area contributed by atoms with E-state index in [9.17, 15) is 4.79 Å². The number of hydrogen-bond donors (Lipinski definition) is 3. The van der Waals surface area contributed by atoms with Gasteiger partial charge < -0.3 is 20.8 Å². The number of carbonyl (C=O) groups excluding carboxylic acids is 1. The SMILES string of the molecule is CC(=O)Nc1cc(Nc2ccc(-c3cocn3)cc2N)cc(-n2cccn2)c1. The number of nitrogens with zero attached hydrogens (tertiary/aromatic N) is 3. The normalized spacial score (nSPS) is 10.6. The van der Waals surface area contributed by atoms with Gasteiger partial charge in [-0.15, -0.1) is 0 Å². The van der Waals surface area contributed by atoms with Crippen LogP contribution in [0.25, 0.3) is 16.9 Å². The van der Waals surface area contributed by atoms with Gasteiger partial charge >= 0.3 is 0 Å². The number of aromatic nitrogens is 3. The molecule has 2 heterocycles. The van der Waals surface area contributed by atoms with Gasteiger partial charge in [0.1, 0.15) is 12.0 Å². The van der Waals surface area contributed by atoms with E-state index in [0.29, 0.717) is 17.1 Å². The van der Waals surface area contributed by atoms with Crippen LogP contribution in [0, 0.1) is 0 Å². The lowest BCUT2D eigenvalue weighted by atomic mass is 10.1. The van der Waals surface area contributed by atoms with Gasteiger partial charge in [-0.3, -0.25) is 4.79 Å². The van der Waals surface area contributed by atoms with Gasteiger partial charge in [-0.2, -0.15) is 5.10 Å². The third kappa shape index (κ3) is 3.70. The Morgan fingerprint density at radius 2 is 2.04 bits per heavy atom. The number of amides is 1. The fraction of sp³-hybridized carbons (Fsp3) is 0.0500. The number of nitrogens with one attached hydrogen (secondary N) is 2. The summed E-state index contributed by atoms with van der Waals surface area (Å²) in [6.07, 6.45) is 6.47. The van der Waals surface area contributed by atoms with Gasteiger partial charge in [0.05, 0.1) is 17.1 Å². The van der Waals surface area contributed by atoms with E-state index in [1.54, 1.807) is 17.1 Å². The molecule has 2 aromatic heterocycles. The molecule has 4 rings (SSSR count). The molecule has 0 bridgehead atoms. The summed E-state index contributed by atoms with van der Waals surface area (Å²) in [7, 11) is 0. The van der Waals surface area contributed by atoms with Gasteiger partial charge in [0, 0.05) is 36.3 Å². The Hall–Kier alpha value is -4.07. The first-order valence-corrected chi connectivity index (χ1v) is 8.56. The highest BCUT2D eigenvalue weighted by atomic mass is 16.3. The Morgan fingerprint density at radius 3 is 2.71 bits per heavy atom. The van der Waals surface area contributed by atoms with Gasteiger partial charge in [-0.05, 0) is 36.4 Å². The van der Waals surface area contributed by atoms with Crippen LogP contribution in [0.2, 0.25) is 0 Å². The van der Waals surface area contributed by atoms with E-state index in [4.69, 9.17) is 10.2 Å². The molecule has 140 valence electrons. The fourth-order valence-corrected chi connectivity index (χ4v) is 2.86. The fourth-order valence-electron chi connectivity index (χ4n) is 2.86. The molecule has 0 atom stereocenters. The average Bonchev–Trinajstić information content (AvgIpc) is 3.37. The van der Waals surface area contributed by atoms with Crippen molar-refractivity contribution in [3.8, 4) is 16.9 Å². The lowest BCUT2D eigenvalue weighted by Gasteiger charge is -2.14. The number of oxazole rings is 1. The maximum absolute atomic E-state index is 11.5.